The van der Waals surface area contributed by atoms with Crippen LogP contribution in [0.4, 0.5) is 11.4 Å². The summed E-state index contributed by atoms with van der Waals surface area (Å²) in [5, 5.41) is 2.72. The second kappa shape index (κ2) is 9.15. The predicted molar refractivity (Wildman–Crippen MR) is 143 cm³/mol. The van der Waals surface area contributed by atoms with E-state index in [2.05, 4.69) is 121 Å². The van der Waals surface area contributed by atoms with Crippen LogP contribution in [0, 0.1) is 0 Å². The molecule has 0 N–H and O–H groups in total. The zero-order valence-electron chi connectivity index (χ0n) is 19.9. The van der Waals surface area contributed by atoms with Gasteiger partial charge in [-0.05, 0) is 84.6 Å². The van der Waals surface area contributed by atoms with Gasteiger partial charge in [-0.1, -0.05) is 57.0 Å². The van der Waals surface area contributed by atoms with Crippen molar-refractivity contribution in [1.82, 2.24) is 4.57 Å². The van der Waals surface area contributed by atoms with Crippen molar-refractivity contribution in [3.8, 4) is 5.69 Å². The summed E-state index contributed by atoms with van der Waals surface area (Å²) in [6.07, 6.45) is 4.58. The van der Waals surface area contributed by atoms with Gasteiger partial charge in [-0.2, -0.15) is 0 Å². The lowest BCUT2D eigenvalue weighted by Gasteiger charge is -2.20. The highest BCUT2D eigenvalue weighted by atomic mass is 15.1. The fraction of sp³-hybridized carbons (Fsp3) is 0.226. The largest absolute Gasteiger partial charge is 0.345 e. The van der Waals surface area contributed by atoms with Crippen LogP contribution in [-0.2, 0) is 12.8 Å². The van der Waals surface area contributed by atoms with Gasteiger partial charge in [0.05, 0.1) is 11.0 Å². The zero-order valence-corrected chi connectivity index (χ0v) is 19.9. The Morgan fingerprint density at radius 3 is 1.64 bits per heavy atom. The summed E-state index contributed by atoms with van der Waals surface area (Å²) in [6, 6.07) is 33.5. The maximum absolute atomic E-state index is 2.42. The molecule has 0 radical (unpaired) electrons. The second-order valence-electron chi connectivity index (χ2n) is 8.95. The fourth-order valence-electron chi connectivity index (χ4n) is 4.91. The summed E-state index contributed by atoms with van der Waals surface area (Å²) in [5.74, 6) is 0. The average Bonchev–Trinajstić information content (AvgIpc) is 3.18. The normalized spacial score (nSPS) is 11.4. The maximum Gasteiger partial charge on any atom is 0.0541 e. The van der Waals surface area contributed by atoms with Crippen LogP contribution in [0.3, 0.4) is 0 Å². The number of nitrogens with zero attached hydrogens (tertiary/aromatic N) is 2. The highest BCUT2D eigenvalue weighted by molar-refractivity contribution is 6.09. The first-order valence-corrected chi connectivity index (χ1v) is 12.1. The highest BCUT2D eigenvalue weighted by Gasteiger charge is 2.14. The van der Waals surface area contributed by atoms with Crippen molar-refractivity contribution in [2.75, 3.05) is 11.9 Å². The number of hydrogen-bond donors (Lipinski definition) is 0. The lowest BCUT2D eigenvalue weighted by Crippen LogP contribution is -2.09. The van der Waals surface area contributed by atoms with Gasteiger partial charge in [-0.15, -0.1) is 0 Å². The van der Waals surface area contributed by atoms with Gasteiger partial charge in [-0.3, -0.25) is 0 Å². The molecule has 2 nitrogen and oxygen atoms in total. The average molecular weight is 433 g/mol. The minimum Gasteiger partial charge on any atom is -0.345 e. The monoisotopic (exact) mass is 432 g/mol. The Morgan fingerprint density at radius 2 is 1.12 bits per heavy atom. The molecule has 2 heteroatoms. The topological polar surface area (TPSA) is 8.17 Å². The Labute approximate surface area is 197 Å². The van der Waals surface area contributed by atoms with Crippen LogP contribution in [0.2, 0.25) is 0 Å². The molecule has 0 aliphatic rings. The third kappa shape index (κ3) is 4.02. The SMILES string of the molecule is CCCc1ccc2c(c1)c1cc(CCC)ccc1n2-c1ccc(N(C)c2ccccc2)cc1. The Balaban J connectivity index is 1.63. The molecule has 33 heavy (non-hydrogen) atoms. The molecule has 0 unspecified atom stereocenters. The number of aryl methyl sites for hydroxylation is 2. The number of para-hydroxylation sites is 1. The van der Waals surface area contributed by atoms with Crippen molar-refractivity contribution in [3.63, 3.8) is 0 Å². The molecule has 0 fully saturated rings. The van der Waals surface area contributed by atoms with Gasteiger partial charge >= 0.3 is 0 Å². The first kappa shape index (κ1) is 21.3. The molecule has 5 rings (SSSR count). The summed E-state index contributed by atoms with van der Waals surface area (Å²) in [7, 11) is 2.12. The predicted octanol–water partition coefficient (Wildman–Crippen LogP) is 8.46. The first-order valence-electron chi connectivity index (χ1n) is 12.1. The van der Waals surface area contributed by atoms with E-state index in [4.69, 9.17) is 0 Å². The van der Waals surface area contributed by atoms with Gasteiger partial charge in [0.2, 0.25) is 0 Å². The van der Waals surface area contributed by atoms with Gasteiger partial charge in [0.15, 0.2) is 0 Å². The molecule has 1 aromatic heterocycles. The smallest absolute Gasteiger partial charge is 0.0541 e. The lowest BCUT2D eigenvalue weighted by molar-refractivity contribution is 0.923. The van der Waals surface area contributed by atoms with Gasteiger partial charge in [0.1, 0.15) is 0 Å². The molecule has 0 bridgehead atoms. The molecule has 0 spiro atoms. The van der Waals surface area contributed by atoms with E-state index in [0.29, 0.717) is 0 Å². The Kier molecular flexibility index (Phi) is 5.92. The van der Waals surface area contributed by atoms with Crippen LogP contribution < -0.4 is 4.90 Å². The Morgan fingerprint density at radius 1 is 0.606 bits per heavy atom. The quantitative estimate of drug-likeness (QED) is 0.250. The van der Waals surface area contributed by atoms with Gasteiger partial charge in [-0.25, -0.2) is 0 Å². The minimum absolute atomic E-state index is 1.12. The highest BCUT2D eigenvalue weighted by Crippen LogP contribution is 2.34. The number of anilines is 2. The van der Waals surface area contributed by atoms with Crippen molar-refractivity contribution in [2.45, 2.75) is 39.5 Å². The summed E-state index contributed by atoms with van der Waals surface area (Å²) >= 11 is 0. The van der Waals surface area contributed by atoms with E-state index in [-0.39, 0.29) is 0 Å². The molecule has 0 saturated carbocycles. The molecule has 4 aromatic carbocycles. The van der Waals surface area contributed by atoms with Crippen molar-refractivity contribution < 1.29 is 0 Å². The Bertz CT molecular complexity index is 1310. The third-order valence-corrected chi connectivity index (χ3v) is 6.61. The molecule has 1 heterocycles. The fourth-order valence-corrected chi connectivity index (χ4v) is 4.91. The van der Waals surface area contributed by atoms with Gasteiger partial charge in [0.25, 0.3) is 0 Å². The van der Waals surface area contributed by atoms with Gasteiger partial charge in [0, 0.05) is 34.9 Å². The van der Waals surface area contributed by atoms with E-state index in [1.807, 2.05) is 0 Å². The molecule has 166 valence electrons. The van der Waals surface area contributed by atoms with Crippen molar-refractivity contribution >= 4 is 33.2 Å². The molecular weight excluding hydrogens is 400 g/mol. The van der Waals surface area contributed by atoms with E-state index in [0.717, 1.165) is 12.8 Å². The lowest BCUT2D eigenvalue weighted by atomic mass is 10.0. The van der Waals surface area contributed by atoms with Crippen molar-refractivity contribution in [3.05, 3.63) is 102 Å². The molecule has 0 amide bonds. The van der Waals surface area contributed by atoms with E-state index < -0.39 is 0 Å². The zero-order chi connectivity index (χ0) is 22.8. The van der Waals surface area contributed by atoms with Crippen LogP contribution in [0.25, 0.3) is 27.5 Å². The van der Waals surface area contributed by atoms with Crippen LogP contribution in [0.15, 0.2) is 91.0 Å². The third-order valence-electron chi connectivity index (χ3n) is 6.61. The number of aromatic nitrogens is 1. The van der Waals surface area contributed by atoms with Crippen LogP contribution >= 0.6 is 0 Å². The standard InChI is InChI=1S/C31H32N2/c1-4-9-23-13-19-30-28(21-23)29-22-24(10-5-2)14-20-31(29)33(30)27-17-15-26(16-18-27)32(3)25-11-7-6-8-12-25/h6-8,11-22H,4-5,9-10H2,1-3H3. The summed E-state index contributed by atoms with van der Waals surface area (Å²) in [4.78, 5) is 2.23. The van der Waals surface area contributed by atoms with Crippen molar-refractivity contribution in [1.29, 1.82) is 0 Å². The van der Waals surface area contributed by atoms with Crippen LogP contribution in [0.1, 0.15) is 37.8 Å². The number of benzene rings is 4. The molecule has 0 aliphatic heterocycles. The molecule has 0 atom stereocenters. The molecular formula is C31H32N2. The van der Waals surface area contributed by atoms with E-state index in [1.165, 1.54) is 62.8 Å². The maximum atomic E-state index is 2.42. The van der Waals surface area contributed by atoms with E-state index >= 15 is 0 Å². The molecule has 0 saturated heterocycles. The number of fused-ring (bicyclic) bond motifs is 3. The Hall–Kier alpha value is -3.52. The van der Waals surface area contributed by atoms with E-state index in [9.17, 15) is 0 Å². The summed E-state index contributed by atoms with van der Waals surface area (Å²) in [5.41, 5.74) is 8.97. The van der Waals surface area contributed by atoms with Crippen LogP contribution in [0.5, 0.6) is 0 Å². The van der Waals surface area contributed by atoms with Crippen LogP contribution in [-0.4, -0.2) is 11.6 Å². The summed E-state index contributed by atoms with van der Waals surface area (Å²) in [6.45, 7) is 4.50. The number of hydrogen-bond acceptors (Lipinski definition) is 1. The second-order valence-corrected chi connectivity index (χ2v) is 8.95. The number of rotatable bonds is 7. The van der Waals surface area contributed by atoms with E-state index in [1.54, 1.807) is 0 Å². The molecule has 0 aliphatic carbocycles. The van der Waals surface area contributed by atoms with Crippen molar-refractivity contribution in [2.24, 2.45) is 0 Å². The molecule has 5 aromatic rings. The first-order chi connectivity index (χ1) is 16.2. The summed E-state index contributed by atoms with van der Waals surface area (Å²) < 4.78 is 2.42. The minimum atomic E-state index is 1.12. The van der Waals surface area contributed by atoms with Gasteiger partial charge < -0.3 is 9.47 Å².